The molecule has 186 valence electrons. The van der Waals surface area contributed by atoms with Crippen LogP contribution in [-0.4, -0.2) is 51.2 Å². The summed E-state index contributed by atoms with van der Waals surface area (Å²) in [6, 6.07) is 4.49. The first-order valence-corrected chi connectivity index (χ1v) is 10.7. The lowest BCUT2D eigenvalue weighted by Gasteiger charge is -2.17. The summed E-state index contributed by atoms with van der Waals surface area (Å²) in [5.74, 6) is -0.483. The van der Waals surface area contributed by atoms with E-state index in [4.69, 9.17) is 14.2 Å². The number of ether oxygens (including phenoxy) is 3. The Kier molecular flexibility index (Phi) is 9.13. The molecule has 1 aliphatic rings. The predicted octanol–water partition coefficient (Wildman–Crippen LogP) is 2.76. The van der Waals surface area contributed by atoms with Crippen molar-refractivity contribution < 1.29 is 29.0 Å². The molecule has 3 rings (SSSR count). The molecule has 34 heavy (non-hydrogen) atoms. The van der Waals surface area contributed by atoms with Gasteiger partial charge in [0.15, 0.2) is 0 Å². The van der Waals surface area contributed by atoms with Crippen molar-refractivity contribution in [1.29, 1.82) is 0 Å². The second-order valence-corrected chi connectivity index (χ2v) is 8.56. The molecule has 1 aromatic heterocycles. The standard InChI is InChI=1S/C20H22BrN3O9.CH4/c1-10-7-23(19(27)22-18(10)26)17-6-15(25)16(33-17)9-32-20(28)31-8-11(2)13-5-12(21)3-4-14(13)24(29)30;/h3-5,7,11,15-17,25H,6,8-9H2,1-2H3,(H,22,26,27);1H4. The molecule has 1 aromatic carbocycles. The van der Waals surface area contributed by atoms with Gasteiger partial charge in [-0.25, -0.2) is 9.59 Å². The van der Waals surface area contributed by atoms with E-state index in [1.54, 1.807) is 19.1 Å². The summed E-state index contributed by atoms with van der Waals surface area (Å²) in [4.78, 5) is 48.4. The van der Waals surface area contributed by atoms with Crippen molar-refractivity contribution in [2.45, 2.75) is 52.0 Å². The van der Waals surface area contributed by atoms with Gasteiger partial charge in [-0.05, 0) is 19.1 Å². The average Bonchev–Trinajstić information content (AvgIpc) is 3.12. The Balaban J connectivity index is 0.00000408. The van der Waals surface area contributed by atoms with Crippen molar-refractivity contribution in [3.63, 3.8) is 0 Å². The predicted molar refractivity (Wildman–Crippen MR) is 124 cm³/mol. The summed E-state index contributed by atoms with van der Waals surface area (Å²) in [6.45, 7) is 2.69. The average molecular weight is 544 g/mol. The summed E-state index contributed by atoms with van der Waals surface area (Å²) in [7, 11) is 0. The Morgan fingerprint density at radius 3 is 2.79 bits per heavy atom. The van der Waals surface area contributed by atoms with E-state index >= 15 is 0 Å². The molecule has 1 saturated heterocycles. The van der Waals surface area contributed by atoms with E-state index in [2.05, 4.69) is 20.9 Å². The Labute approximate surface area is 202 Å². The van der Waals surface area contributed by atoms with E-state index in [-0.39, 0.29) is 32.7 Å². The van der Waals surface area contributed by atoms with Crippen molar-refractivity contribution >= 4 is 27.8 Å². The van der Waals surface area contributed by atoms with Crippen LogP contribution < -0.4 is 11.2 Å². The summed E-state index contributed by atoms with van der Waals surface area (Å²) < 4.78 is 17.5. The number of aliphatic hydroxyl groups excluding tert-OH is 1. The number of halogens is 1. The van der Waals surface area contributed by atoms with Gasteiger partial charge in [-0.2, -0.15) is 0 Å². The van der Waals surface area contributed by atoms with E-state index in [0.717, 1.165) is 4.57 Å². The molecule has 1 fully saturated rings. The lowest BCUT2D eigenvalue weighted by Crippen LogP contribution is -2.33. The first kappa shape index (κ1) is 27.2. The van der Waals surface area contributed by atoms with Gasteiger partial charge in [0.25, 0.3) is 11.2 Å². The lowest BCUT2D eigenvalue weighted by atomic mass is 10.0. The minimum Gasteiger partial charge on any atom is -0.434 e. The largest absolute Gasteiger partial charge is 0.508 e. The second-order valence-electron chi connectivity index (χ2n) is 7.64. The number of H-pyrrole nitrogens is 1. The number of aromatic nitrogens is 2. The van der Waals surface area contributed by atoms with Gasteiger partial charge in [0.1, 0.15) is 25.5 Å². The molecule has 0 aliphatic carbocycles. The maximum atomic E-state index is 12.0. The van der Waals surface area contributed by atoms with Crippen molar-refractivity contribution in [1.82, 2.24) is 9.55 Å². The van der Waals surface area contributed by atoms with Gasteiger partial charge >= 0.3 is 11.8 Å². The molecule has 4 unspecified atom stereocenters. The molecule has 0 bridgehead atoms. The first-order chi connectivity index (χ1) is 15.6. The maximum absolute atomic E-state index is 12.0. The number of nitrogens with one attached hydrogen (secondary N) is 1. The summed E-state index contributed by atoms with van der Waals surface area (Å²) in [5.41, 5.74) is -0.597. The van der Waals surface area contributed by atoms with Crippen LogP contribution in [-0.2, 0) is 14.2 Å². The minimum atomic E-state index is -1.03. The Morgan fingerprint density at radius 2 is 2.12 bits per heavy atom. The fourth-order valence-electron chi connectivity index (χ4n) is 3.40. The highest BCUT2D eigenvalue weighted by Gasteiger charge is 2.36. The smallest absolute Gasteiger partial charge is 0.434 e. The van der Waals surface area contributed by atoms with Crippen LogP contribution in [0.5, 0.6) is 0 Å². The molecule has 0 amide bonds. The number of hydrogen-bond donors (Lipinski definition) is 2. The number of aromatic amines is 1. The van der Waals surface area contributed by atoms with Crippen LogP contribution in [0.2, 0.25) is 0 Å². The van der Waals surface area contributed by atoms with E-state index in [0.29, 0.717) is 15.6 Å². The van der Waals surface area contributed by atoms with Gasteiger partial charge in [0, 0.05) is 40.2 Å². The SMILES string of the molecule is C.Cc1cn(C2CC(O)C(COC(=O)OCC(C)c3cc(Br)ccc3[N+](=O)[O-])O2)c(=O)[nH]c1=O. The van der Waals surface area contributed by atoms with E-state index in [9.17, 15) is 29.6 Å². The number of aryl methyl sites for hydroxylation is 1. The van der Waals surface area contributed by atoms with Crippen molar-refractivity contribution in [2.24, 2.45) is 0 Å². The maximum Gasteiger partial charge on any atom is 0.508 e. The third-order valence-corrected chi connectivity index (χ3v) is 5.69. The highest BCUT2D eigenvalue weighted by Crippen LogP contribution is 2.30. The van der Waals surface area contributed by atoms with E-state index in [1.165, 1.54) is 19.2 Å². The molecular weight excluding hydrogens is 518 g/mol. The number of nitro groups is 1. The van der Waals surface area contributed by atoms with Crippen LogP contribution in [0.1, 0.15) is 44.0 Å². The third kappa shape index (κ3) is 6.30. The summed E-state index contributed by atoms with van der Waals surface area (Å²) in [5, 5.41) is 21.4. The molecule has 0 spiro atoms. The Morgan fingerprint density at radius 1 is 1.41 bits per heavy atom. The zero-order valence-corrected chi connectivity index (χ0v) is 19.3. The summed E-state index contributed by atoms with van der Waals surface area (Å²) in [6.07, 6.45) is -2.42. The third-order valence-electron chi connectivity index (χ3n) is 5.19. The van der Waals surface area contributed by atoms with Crippen molar-refractivity contribution in [3.8, 4) is 0 Å². The van der Waals surface area contributed by atoms with Gasteiger partial charge in [-0.15, -0.1) is 0 Å². The topological polar surface area (TPSA) is 163 Å². The molecule has 4 atom stereocenters. The highest BCUT2D eigenvalue weighted by atomic mass is 79.9. The van der Waals surface area contributed by atoms with E-state index in [1.807, 2.05) is 0 Å². The molecule has 2 heterocycles. The van der Waals surface area contributed by atoms with Crippen LogP contribution in [0.15, 0.2) is 38.5 Å². The van der Waals surface area contributed by atoms with Crippen LogP contribution in [0, 0.1) is 17.0 Å². The van der Waals surface area contributed by atoms with E-state index < -0.39 is 46.7 Å². The number of nitrogens with zero attached hydrogens (tertiary/aromatic N) is 2. The number of benzene rings is 1. The number of aliphatic hydroxyl groups is 1. The van der Waals surface area contributed by atoms with Gasteiger partial charge in [0.05, 0.1) is 11.0 Å². The number of hydrogen-bond acceptors (Lipinski definition) is 9. The van der Waals surface area contributed by atoms with Crippen molar-refractivity contribution in [2.75, 3.05) is 13.2 Å². The molecule has 0 saturated carbocycles. The van der Waals surface area contributed by atoms with Gasteiger partial charge in [0.2, 0.25) is 0 Å². The fraction of sp³-hybridized carbons (Fsp3) is 0.476. The molecule has 2 aromatic rings. The number of carbonyl (C=O) groups excluding carboxylic acids is 1. The van der Waals surface area contributed by atoms with Gasteiger partial charge in [-0.1, -0.05) is 30.3 Å². The van der Waals surface area contributed by atoms with Crippen LogP contribution in [0.3, 0.4) is 0 Å². The van der Waals surface area contributed by atoms with Crippen LogP contribution >= 0.6 is 15.9 Å². The number of rotatable bonds is 7. The monoisotopic (exact) mass is 543 g/mol. The zero-order chi connectivity index (χ0) is 24.3. The molecule has 2 N–H and O–H groups in total. The normalized spacial score (nSPS) is 20.3. The summed E-state index contributed by atoms with van der Waals surface area (Å²) >= 11 is 3.26. The van der Waals surface area contributed by atoms with Gasteiger partial charge < -0.3 is 19.3 Å². The lowest BCUT2D eigenvalue weighted by molar-refractivity contribution is -0.385. The number of carbonyl (C=O) groups is 1. The van der Waals surface area contributed by atoms with Crippen molar-refractivity contribution in [3.05, 3.63) is 70.9 Å². The highest BCUT2D eigenvalue weighted by molar-refractivity contribution is 9.10. The molecule has 0 radical (unpaired) electrons. The van der Waals surface area contributed by atoms with Crippen LogP contribution in [0.25, 0.3) is 0 Å². The zero-order valence-electron chi connectivity index (χ0n) is 17.7. The molecule has 1 aliphatic heterocycles. The van der Waals surface area contributed by atoms with Crippen LogP contribution in [0.4, 0.5) is 10.5 Å². The molecule has 12 nitrogen and oxygen atoms in total. The van der Waals surface area contributed by atoms with Gasteiger partial charge in [-0.3, -0.25) is 24.5 Å². The second kappa shape index (κ2) is 11.4. The molecular formula is C21H26BrN3O9. The molecule has 13 heteroatoms. The quantitative estimate of drug-likeness (QED) is 0.303. The number of nitro benzene ring substituents is 1. The Bertz CT molecular complexity index is 1160. The fourth-order valence-corrected chi connectivity index (χ4v) is 3.78. The Hall–Kier alpha value is -3.03. The first-order valence-electron chi connectivity index (χ1n) is 9.95. The minimum absolute atomic E-state index is 0.